The lowest BCUT2D eigenvalue weighted by molar-refractivity contribution is 0.160. The Labute approximate surface area is 114 Å². The molecule has 1 saturated carbocycles. The first-order valence-electron chi connectivity index (χ1n) is 7.89. The molecule has 0 aliphatic heterocycles. The third kappa shape index (κ3) is 5.71. The number of hydrogen-bond acceptors (Lipinski definition) is 2. The van der Waals surface area contributed by atoms with E-state index in [1.807, 2.05) is 0 Å². The van der Waals surface area contributed by atoms with Crippen LogP contribution in [0.25, 0.3) is 0 Å². The Morgan fingerprint density at radius 2 is 1.78 bits per heavy atom. The van der Waals surface area contributed by atoms with E-state index in [9.17, 15) is 0 Å². The predicted molar refractivity (Wildman–Crippen MR) is 80.7 cm³/mol. The van der Waals surface area contributed by atoms with Gasteiger partial charge in [0.2, 0.25) is 0 Å². The highest BCUT2D eigenvalue weighted by Gasteiger charge is 2.24. The lowest BCUT2D eigenvalue weighted by Crippen LogP contribution is -2.38. The van der Waals surface area contributed by atoms with Gasteiger partial charge in [0.05, 0.1) is 0 Å². The lowest BCUT2D eigenvalue weighted by atomic mass is 9.89. The van der Waals surface area contributed by atoms with E-state index in [4.69, 9.17) is 5.73 Å². The number of nitrogens with zero attached hydrogens (tertiary/aromatic N) is 1. The fourth-order valence-electron chi connectivity index (χ4n) is 2.72. The van der Waals surface area contributed by atoms with Gasteiger partial charge in [-0.25, -0.2) is 0 Å². The van der Waals surface area contributed by atoms with Crippen molar-refractivity contribution < 1.29 is 0 Å². The molecule has 0 unspecified atom stereocenters. The van der Waals surface area contributed by atoms with Crippen molar-refractivity contribution >= 4 is 0 Å². The Kier molecular flexibility index (Phi) is 6.65. The van der Waals surface area contributed by atoms with Gasteiger partial charge >= 0.3 is 0 Å². The topological polar surface area (TPSA) is 29.3 Å². The SMILES string of the molecule is CC(C)CCN(CCC(C)(C)CN)C1CCCC1. The molecule has 1 rings (SSSR count). The fraction of sp³-hybridized carbons (Fsp3) is 1.00. The van der Waals surface area contributed by atoms with Crippen molar-refractivity contribution in [1.82, 2.24) is 4.90 Å². The molecule has 2 nitrogen and oxygen atoms in total. The summed E-state index contributed by atoms with van der Waals surface area (Å²) in [5.74, 6) is 0.816. The quantitative estimate of drug-likeness (QED) is 0.716. The van der Waals surface area contributed by atoms with Gasteiger partial charge in [-0.1, -0.05) is 40.5 Å². The largest absolute Gasteiger partial charge is 0.330 e. The average molecular weight is 254 g/mol. The minimum absolute atomic E-state index is 0.300. The molecule has 0 aromatic carbocycles. The van der Waals surface area contributed by atoms with E-state index in [0.29, 0.717) is 5.41 Å². The third-order valence-corrected chi connectivity index (χ3v) is 4.46. The summed E-state index contributed by atoms with van der Waals surface area (Å²) < 4.78 is 0. The Balaban J connectivity index is 2.43. The van der Waals surface area contributed by atoms with Gasteiger partial charge in [0.1, 0.15) is 0 Å². The summed E-state index contributed by atoms with van der Waals surface area (Å²) in [4.78, 5) is 2.75. The lowest BCUT2D eigenvalue weighted by Gasteiger charge is -2.33. The van der Waals surface area contributed by atoms with Crippen molar-refractivity contribution in [2.45, 2.75) is 72.3 Å². The van der Waals surface area contributed by atoms with E-state index in [-0.39, 0.29) is 0 Å². The molecule has 18 heavy (non-hydrogen) atoms. The molecule has 2 heteroatoms. The van der Waals surface area contributed by atoms with Gasteiger partial charge in [0.25, 0.3) is 0 Å². The summed E-state index contributed by atoms with van der Waals surface area (Å²) in [7, 11) is 0. The zero-order valence-corrected chi connectivity index (χ0v) is 13.0. The molecule has 0 saturated heterocycles. The van der Waals surface area contributed by atoms with Crippen LogP contribution in [-0.2, 0) is 0 Å². The van der Waals surface area contributed by atoms with Crippen LogP contribution in [-0.4, -0.2) is 30.6 Å². The first kappa shape index (κ1) is 16.0. The van der Waals surface area contributed by atoms with Gasteiger partial charge in [0, 0.05) is 6.04 Å². The van der Waals surface area contributed by atoms with E-state index in [1.165, 1.54) is 51.6 Å². The highest BCUT2D eigenvalue weighted by Crippen LogP contribution is 2.26. The first-order valence-corrected chi connectivity index (χ1v) is 7.89. The van der Waals surface area contributed by atoms with E-state index < -0.39 is 0 Å². The standard InChI is InChI=1S/C16H34N2/c1-14(2)9-11-18(15-7-5-6-8-15)12-10-16(3,4)13-17/h14-15H,5-13,17H2,1-4H3. The molecule has 0 aromatic rings. The molecule has 0 aromatic heterocycles. The molecule has 1 aliphatic carbocycles. The van der Waals surface area contributed by atoms with Gasteiger partial charge in [-0.3, -0.25) is 0 Å². The smallest absolute Gasteiger partial charge is 0.00952 e. The maximum absolute atomic E-state index is 5.85. The van der Waals surface area contributed by atoms with E-state index in [0.717, 1.165) is 18.5 Å². The Morgan fingerprint density at radius 3 is 2.28 bits per heavy atom. The van der Waals surface area contributed by atoms with Crippen LogP contribution in [0.1, 0.15) is 66.2 Å². The maximum atomic E-state index is 5.85. The van der Waals surface area contributed by atoms with Crippen LogP contribution in [0.2, 0.25) is 0 Å². The summed E-state index contributed by atoms with van der Waals surface area (Å²) in [5, 5.41) is 0. The summed E-state index contributed by atoms with van der Waals surface area (Å²) in [6.45, 7) is 12.6. The molecule has 108 valence electrons. The van der Waals surface area contributed by atoms with Crippen molar-refractivity contribution in [2.24, 2.45) is 17.1 Å². The van der Waals surface area contributed by atoms with Crippen LogP contribution in [0.4, 0.5) is 0 Å². The van der Waals surface area contributed by atoms with Crippen molar-refractivity contribution in [3.05, 3.63) is 0 Å². The molecular formula is C16H34N2. The highest BCUT2D eigenvalue weighted by molar-refractivity contribution is 4.80. The van der Waals surface area contributed by atoms with Crippen molar-refractivity contribution in [1.29, 1.82) is 0 Å². The van der Waals surface area contributed by atoms with Crippen LogP contribution in [0.3, 0.4) is 0 Å². The Bertz CT molecular complexity index is 217. The van der Waals surface area contributed by atoms with Gasteiger partial charge < -0.3 is 10.6 Å². The summed E-state index contributed by atoms with van der Waals surface area (Å²) in [6, 6.07) is 0.859. The van der Waals surface area contributed by atoms with Crippen molar-refractivity contribution in [3.8, 4) is 0 Å². The zero-order chi connectivity index (χ0) is 13.6. The van der Waals surface area contributed by atoms with Gasteiger partial charge in [-0.15, -0.1) is 0 Å². The van der Waals surface area contributed by atoms with Crippen LogP contribution in [0.15, 0.2) is 0 Å². The van der Waals surface area contributed by atoms with Crippen LogP contribution in [0, 0.1) is 11.3 Å². The third-order valence-electron chi connectivity index (χ3n) is 4.46. The van der Waals surface area contributed by atoms with Gasteiger partial charge in [-0.2, -0.15) is 0 Å². The van der Waals surface area contributed by atoms with Gasteiger partial charge in [0.15, 0.2) is 0 Å². The normalized spacial score (nSPS) is 18.2. The summed E-state index contributed by atoms with van der Waals surface area (Å²) >= 11 is 0. The van der Waals surface area contributed by atoms with Crippen LogP contribution in [0.5, 0.6) is 0 Å². The fourth-order valence-corrected chi connectivity index (χ4v) is 2.72. The molecule has 0 heterocycles. The first-order chi connectivity index (χ1) is 8.44. The molecule has 2 N–H and O–H groups in total. The second-order valence-electron chi connectivity index (χ2n) is 7.28. The second-order valence-corrected chi connectivity index (χ2v) is 7.28. The van der Waals surface area contributed by atoms with E-state index in [1.54, 1.807) is 0 Å². The summed E-state index contributed by atoms with van der Waals surface area (Å²) in [6.07, 6.45) is 8.27. The Hall–Kier alpha value is -0.0800. The summed E-state index contributed by atoms with van der Waals surface area (Å²) in [5.41, 5.74) is 6.15. The molecular weight excluding hydrogens is 220 g/mol. The van der Waals surface area contributed by atoms with Crippen molar-refractivity contribution in [2.75, 3.05) is 19.6 Å². The molecule has 1 fully saturated rings. The zero-order valence-electron chi connectivity index (χ0n) is 13.0. The van der Waals surface area contributed by atoms with E-state index >= 15 is 0 Å². The molecule has 1 aliphatic rings. The minimum atomic E-state index is 0.300. The number of nitrogens with two attached hydrogens (primary N) is 1. The molecule has 0 atom stereocenters. The maximum Gasteiger partial charge on any atom is 0.00952 e. The highest BCUT2D eigenvalue weighted by atomic mass is 15.2. The Morgan fingerprint density at radius 1 is 1.17 bits per heavy atom. The average Bonchev–Trinajstić information content (AvgIpc) is 2.82. The minimum Gasteiger partial charge on any atom is -0.330 e. The molecule has 0 bridgehead atoms. The monoisotopic (exact) mass is 254 g/mol. The van der Waals surface area contributed by atoms with Gasteiger partial charge in [-0.05, 0) is 56.7 Å². The van der Waals surface area contributed by atoms with Crippen molar-refractivity contribution in [3.63, 3.8) is 0 Å². The predicted octanol–water partition coefficient (Wildman–Crippen LogP) is 3.65. The number of rotatable bonds is 8. The molecule has 0 spiro atoms. The molecule has 0 amide bonds. The number of hydrogen-bond donors (Lipinski definition) is 1. The molecule has 0 radical (unpaired) electrons. The van der Waals surface area contributed by atoms with E-state index in [2.05, 4.69) is 32.6 Å². The van der Waals surface area contributed by atoms with Crippen LogP contribution < -0.4 is 5.73 Å². The van der Waals surface area contributed by atoms with Crippen LogP contribution >= 0.6 is 0 Å². The second kappa shape index (κ2) is 7.49.